The van der Waals surface area contributed by atoms with E-state index in [9.17, 15) is 0 Å². The van der Waals surface area contributed by atoms with Crippen LogP contribution in [0.2, 0.25) is 0 Å². The maximum absolute atomic E-state index is 9.04. The molecule has 0 amide bonds. The fourth-order valence-electron chi connectivity index (χ4n) is 2.10. The van der Waals surface area contributed by atoms with Crippen molar-refractivity contribution in [1.82, 2.24) is 15.0 Å². The largest absolute Gasteiger partial charge is 0.342 e. The number of H-pyrrole nitrogens is 1. The Morgan fingerprint density at radius 3 is 2.74 bits per heavy atom. The van der Waals surface area contributed by atoms with Gasteiger partial charge in [-0.15, -0.1) is 0 Å². The number of benzene rings is 1. The van der Waals surface area contributed by atoms with E-state index in [-0.39, 0.29) is 0 Å². The summed E-state index contributed by atoms with van der Waals surface area (Å²) in [6, 6.07) is 11.8. The van der Waals surface area contributed by atoms with Crippen molar-refractivity contribution in [2.24, 2.45) is 0 Å². The number of aromatic nitrogens is 3. The smallest absolute Gasteiger partial charge is 0.107 e. The van der Waals surface area contributed by atoms with Crippen LogP contribution in [0.4, 0.5) is 0 Å². The minimum absolute atomic E-state index is 0.615. The molecule has 0 saturated carbocycles. The second-order valence-electron chi connectivity index (χ2n) is 4.35. The molecule has 0 aliphatic carbocycles. The number of hydrogen-bond donors (Lipinski definition) is 1. The maximum atomic E-state index is 9.04. The zero-order valence-electron chi connectivity index (χ0n) is 10.3. The molecule has 3 aromatic rings. The van der Waals surface area contributed by atoms with Gasteiger partial charge in [0.25, 0.3) is 0 Å². The first-order chi connectivity index (χ1) is 9.36. The molecule has 2 aromatic heterocycles. The summed E-state index contributed by atoms with van der Waals surface area (Å²) < 4.78 is 0. The number of rotatable bonds is 3. The van der Waals surface area contributed by atoms with Crippen LogP contribution < -0.4 is 0 Å². The molecule has 0 bridgehead atoms. The lowest BCUT2D eigenvalue weighted by Gasteiger charge is -1.97. The highest BCUT2D eigenvalue weighted by molar-refractivity contribution is 5.81. The number of para-hydroxylation sites is 1. The Morgan fingerprint density at radius 1 is 1.11 bits per heavy atom. The van der Waals surface area contributed by atoms with Crippen molar-refractivity contribution in [3.05, 3.63) is 59.7 Å². The Hall–Kier alpha value is -2.67. The Balaban J connectivity index is 1.85. The highest BCUT2D eigenvalue weighted by Crippen LogP contribution is 2.16. The van der Waals surface area contributed by atoms with Crippen molar-refractivity contribution < 1.29 is 0 Å². The van der Waals surface area contributed by atoms with E-state index in [1.54, 1.807) is 18.5 Å². The Labute approximate surface area is 110 Å². The molecule has 0 aliphatic heterocycles. The quantitative estimate of drug-likeness (QED) is 0.774. The predicted molar refractivity (Wildman–Crippen MR) is 72.5 cm³/mol. The average molecular weight is 248 g/mol. The zero-order chi connectivity index (χ0) is 13.1. The standard InChI is InChI=1S/C15H12N4/c16-10-12-2-1-3-13-15(12)19-14(18-13)5-4-11-6-8-17-9-7-11/h1-3,6-9H,4-5H2,(H,18,19). The number of nitrogens with zero attached hydrogens (tertiary/aromatic N) is 3. The van der Waals surface area contributed by atoms with Gasteiger partial charge in [-0.25, -0.2) is 4.98 Å². The summed E-state index contributed by atoms with van der Waals surface area (Å²) in [5.74, 6) is 0.912. The van der Waals surface area contributed by atoms with Crippen LogP contribution in [0.15, 0.2) is 42.7 Å². The maximum Gasteiger partial charge on any atom is 0.107 e. The number of hydrogen-bond acceptors (Lipinski definition) is 3. The first-order valence-electron chi connectivity index (χ1n) is 6.13. The third-order valence-electron chi connectivity index (χ3n) is 3.08. The van der Waals surface area contributed by atoms with Gasteiger partial charge in [-0.2, -0.15) is 5.26 Å². The molecule has 0 saturated heterocycles. The van der Waals surface area contributed by atoms with Crippen LogP contribution in [0.3, 0.4) is 0 Å². The second kappa shape index (κ2) is 4.91. The van der Waals surface area contributed by atoms with Crippen LogP contribution in [0.1, 0.15) is 17.0 Å². The molecule has 0 aliphatic rings. The molecule has 0 spiro atoms. The van der Waals surface area contributed by atoms with Crippen molar-refractivity contribution in [3.8, 4) is 6.07 Å². The number of aromatic amines is 1. The second-order valence-corrected chi connectivity index (χ2v) is 4.35. The molecule has 2 heterocycles. The molecule has 0 unspecified atom stereocenters. The van der Waals surface area contributed by atoms with E-state index < -0.39 is 0 Å². The molecular formula is C15H12N4. The van der Waals surface area contributed by atoms with E-state index >= 15 is 0 Å². The molecule has 1 aromatic carbocycles. The van der Waals surface area contributed by atoms with E-state index in [1.807, 2.05) is 24.3 Å². The summed E-state index contributed by atoms with van der Waals surface area (Å²) in [7, 11) is 0. The van der Waals surface area contributed by atoms with Crippen molar-refractivity contribution in [2.45, 2.75) is 12.8 Å². The summed E-state index contributed by atoms with van der Waals surface area (Å²) in [5, 5.41) is 9.04. The van der Waals surface area contributed by atoms with E-state index in [4.69, 9.17) is 5.26 Å². The average Bonchev–Trinajstić information content (AvgIpc) is 2.89. The lowest BCUT2D eigenvalue weighted by Crippen LogP contribution is -1.93. The third-order valence-corrected chi connectivity index (χ3v) is 3.08. The molecule has 4 nitrogen and oxygen atoms in total. The van der Waals surface area contributed by atoms with E-state index in [2.05, 4.69) is 21.0 Å². The minimum Gasteiger partial charge on any atom is -0.342 e. The van der Waals surface area contributed by atoms with E-state index in [1.165, 1.54) is 5.56 Å². The first kappa shape index (κ1) is 11.4. The summed E-state index contributed by atoms with van der Waals surface area (Å²) in [5.41, 5.74) is 3.53. The first-order valence-corrected chi connectivity index (χ1v) is 6.13. The van der Waals surface area contributed by atoms with Gasteiger partial charge in [-0.05, 0) is 36.2 Å². The Bertz CT molecular complexity index is 738. The summed E-state index contributed by atoms with van der Waals surface area (Å²) in [6.45, 7) is 0. The van der Waals surface area contributed by atoms with Gasteiger partial charge in [0.05, 0.1) is 11.1 Å². The molecule has 92 valence electrons. The van der Waals surface area contributed by atoms with Gasteiger partial charge in [0.2, 0.25) is 0 Å². The SMILES string of the molecule is N#Cc1cccc2[nH]c(CCc3ccncc3)nc12. The van der Waals surface area contributed by atoms with Gasteiger partial charge in [0.1, 0.15) is 17.4 Å². The van der Waals surface area contributed by atoms with Crippen molar-refractivity contribution in [2.75, 3.05) is 0 Å². The zero-order valence-corrected chi connectivity index (χ0v) is 10.3. The van der Waals surface area contributed by atoms with Gasteiger partial charge in [-0.3, -0.25) is 4.98 Å². The van der Waals surface area contributed by atoms with E-state index in [0.29, 0.717) is 5.56 Å². The number of imidazole rings is 1. The normalized spacial score (nSPS) is 10.5. The van der Waals surface area contributed by atoms with Crippen molar-refractivity contribution in [3.63, 3.8) is 0 Å². The number of nitriles is 1. The number of aryl methyl sites for hydroxylation is 2. The van der Waals surface area contributed by atoms with Gasteiger partial charge >= 0.3 is 0 Å². The summed E-state index contributed by atoms with van der Waals surface area (Å²) >= 11 is 0. The van der Waals surface area contributed by atoms with Crippen LogP contribution in [-0.4, -0.2) is 15.0 Å². The van der Waals surface area contributed by atoms with Crippen LogP contribution in [0.5, 0.6) is 0 Å². The van der Waals surface area contributed by atoms with Gasteiger partial charge in [0, 0.05) is 18.8 Å². The molecule has 0 radical (unpaired) electrons. The van der Waals surface area contributed by atoms with Gasteiger partial charge in [-0.1, -0.05) is 6.07 Å². The topological polar surface area (TPSA) is 65.4 Å². The fourth-order valence-corrected chi connectivity index (χ4v) is 2.10. The van der Waals surface area contributed by atoms with Crippen LogP contribution in [0.25, 0.3) is 11.0 Å². The third kappa shape index (κ3) is 2.31. The molecule has 0 fully saturated rings. The van der Waals surface area contributed by atoms with E-state index in [0.717, 1.165) is 29.7 Å². The van der Waals surface area contributed by atoms with Gasteiger partial charge < -0.3 is 4.98 Å². The molecule has 0 atom stereocenters. The van der Waals surface area contributed by atoms with Crippen LogP contribution >= 0.6 is 0 Å². The highest BCUT2D eigenvalue weighted by Gasteiger charge is 2.06. The van der Waals surface area contributed by atoms with Crippen molar-refractivity contribution >= 4 is 11.0 Å². The molecule has 4 heteroatoms. The lowest BCUT2D eigenvalue weighted by molar-refractivity contribution is 0.887. The van der Waals surface area contributed by atoms with Crippen molar-refractivity contribution in [1.29, 1.82) is 5.26 Å². The number of nitrogens with one attached hydrogen (secondary N) is 1. The van der Waals surface area contributed by atoms with Crippen LogP contribution in [0, 0.1) is 11.3 Å². The molecular weight excluding hydrogens is 236 g/mol. The number of pyridine rings is 1. The van der Waals surface area contributed by atoms with Crippen LogP contribution in [-0.2, 0) is 12.8 Å². The Morgan fingerprint density at radius 2 is 1.95 bits per heavy atom. The fraction of sp³-hybridized carbons (Fsp3) is 0.133. The minimum atomic E-state index is 0.615. The Kier molecular flexibility index (Phi) is 2.95. The molecule has 19 heavy (non-hydrogen) atoms. The molecule has 1 N–H and O–H groups in total. The lowest BCUT2D eigenvalue weighted by atomic mass is 10.1. The highest BCUT2D eigenvalue weighted by atomic mass is 14.9. The number of fused-ring (bicyclic) bond motifs is 1. The van der Waals surface area contributed by atoms with Gasteiger partial charge in [0.15, 0.2) is 0 Å². The predicted octanol–water partition coefficient (Wildman–Crippen LogP) is 2.61. The molecule has 3 rings (SSSR count). The monoisotopic (exact) mass is 248 g/mol. The summed E-state index contributed by atoms with van der Waals surface area (Å²) in [6.07, 6.45) is 5.32. The summed E-state index contributed by atoms with van der Waals surface area (Å²) in [4.78, 5) is 11.8.